The molecule has 0 aromatic heterocycles. The minimum absolute atomic E-state index is 1.00. The van der Waals surface area contributed by atoms with Gasteiger partial charge in [-0.3, -0.25) is 0 Å². The van der Waals surface area contributed by atoms with Crippen molar-refractivity contribution in [3.63, 3.8) is 0 Å². The van der Waals surface area contributed by atoms with E-state index in [1.165, 1.54) is 38.5 Å². The van der Waals surface area contributed by atoms with Gasteiger partial charge in [-0.15, -0.1) is 0 Å². The van der Waals surface area contributed by atoms with E-state index in [-0.39, 0.29) is 0 Å². The third-order valence-corrected chi connectivity index (χ3v) is 3.69. The average Bonchev–Trinajstić information content (AvgIpc) is 2.07. The SMILES string of the molecule is CCC(CC)C1CCCC(C)C1. The largest absolute Gasteiger partial charge is 0.0651 e. The van der Waals surface area contributed by atoms with Crippen molar-refractivity contribution in [1.82, 2.24) is 0 Å². The van der Waals surface area contributed by atoms with Crippen LogP contribution in [-0.4, -0.2) is 0 Å². The molecular formula is C12H24. The maximum atomic E-state index is 2.43. The van der Waals surface area contributed by atoms with Gasteiger partial charge in [-0.05, 0) is 24.2 Å². The van der Waals surface area contributed by atoms with Crippen LogP contribution >= 0.6 is 0 Å². The predicted octanol–water partition coefficient (Wildman–Crippen LogP) is 4.25. The zero-order chi connectivity index (χ0) is 8.97. The summed E-state index contributed by atoms with van der Waals surface area (Å²) in [6.07, 6.45) is 8.78. The van der Waals surface area contributed by atoms with Gasteiger partial charge in [0.2, 0.25) is 0 Å². The molecule has 72 valence electrons. The van der Waals surface area contributed by atoms with Gasteiger partial charge < -0.3 is 0 Å². The quantitative estimate of drug-likeness (QED) is 0.591. The highest BCUT2D eigenvalue weighted by molar-refractivity contribution is 4.75. The molecule has 0 amide bonds. The van der Waals surface area contributed by atoms with Gasteiger partial charge in [-0.25, -0.2) is 0 Å². The molecule has 1 fully saturated rings. The van der Waals surface area contributed by atoms with Crippen molar-refractivity contribution < 1.29 is 0 Å². The first-order valence-corrected chi connectivity index (χ1v) is 5.77. The lowest BCUT2D eigenvalue weighted by atomic mass is 9.74. The van der Waals surface area contributed by atoms with E-state index >= 15 is 0 Å². The number of hydrogen-bond donors (Lipinski definition) is 0. The van der Waals surface area contributed by atoms with Gasteiger partial charge in [0, 0.05) is 0 Å². The fourth-order valence-electron chi connectivity index (χ4n) is 2.86. The summed E-state index contributed by atoms with van der Waals surface area (Å²) in [4.78, 5) is 0. The van der Waals surface area contributed by atoms with E-state index in [0.29, 0.717) is 0 Å². The van der Waals surface area contributed by atoms with Crippen LogP contribution in [0.3, 0.4) is 0 Å². The molecular weight excluding hydrogens is 144 g/mol. The topological polar surface area (TPSA) is 0 Å². The Kier molecular flexibility index (Phi) is 4.11. The lowest BCUT2D eigenvalue weighted by molar-refractivity contribution is 0.195. The number of hydrogen-bond acceptors (Lipinski definition) is 0. The number of rotatable bonds is 3. The van der Waals surface area contributed by atoms with Gasteiger partial charge in [-0.2, -0.15) is 0 Å². The lowest BCUT2D eigenvalue weighted by Gasteiger charge is -2.32. The molecule has 0 saturated heterocycles. The van der Waals surface area contributed by atoms with Crippen molar-refractivity contribution in [2.45, 2.75) is 59.3 Å². The Morgan fingerprint density at radius 1 is 1.17 bits per heavy atom. The second-order valence-corrected chi connectivity index (χ2v) is 4.61. The van der Waals surface area contributed by atoms with E-state index in [4.69, 9.17) is 0 Å². The van der Waals surface area contributed by atoms with E-state index in [1.807, 2.05) is 0 Å². The lowest BCUT2D eigenvalue weighted by Crippen LogP contribution is -2.20. The molecule has 0 heteroatoms. The summed E-state index contributed by atoms with van der Waals surface area (Å²) in [5.74, 6) is 3.08. The standard InChI is InChI=1S/C12H24/c1-4-11(5-2)12-8-6-7-10(3)9-12/h10-12H,4-9H2,1-3H3. The molecule has 0 bridgehead atoms. The van der Waals surface area contributed by atoms with E-state index in [0.717, 1.165) is 17.8 Å². The average molecular weight is 168 g/mol. The summed E-state index contributed by atoms with van der Waals surface area (Å²) in [6.45, 7) is 7.13. The van der Waals surface area contributed by atoms with Gasteiger partial charge >= 0.3 is 0 Å². The molecule has 2 atom stereocenters. The molecule has 0 N–H and O–H groups in total. The highest BCUT2D eigenvalue weighted by Gasteiger charge is 2.23. The molecule has 0 nitrogen and oxygen atoms in total. The minimum atomic E-state index is 1.00. The Labute approximate surface area is 77.7 Å². The zero-order valence-electron chi connectivity index (χ0n) is 8.97. The Balaban J connectivity index is 2.38. The van der Waals surface area contributed by atoms with Gasteiger partial charge in [0.15, 0.2) is 0 Å². The van der Waals surface area contributed by atoms with Crippen LogP contribution in [0.2, 0.25) is 0 Å². The molecule has 0 radical (unpaired) electrons. The van der Waals surface area contributed by atoms with Crippen molar-refractivity contribution >= 4 is 0 Å². The van der Waals surface area contributed by atoms with Crippen LogP contribution in [-0.2, 0) is 0 Å². The van der Waals surface area contributed by atoms with Crippen LogP contribution in [0.5, 0.6) is 0 Å². The minimum Gasteiger partial charge on any atom is -0.0651 e. The first-order chi connectivity index (χ1) is 5.77. The van der Waals surface area contributed by atoms with Crippen LogP contribution in [0, 0.1) is 17.8 Å². The monoisotopic (exact) mass is 168 g/mol. The van der Waals surface area contributed by atoms with E-state index in [9.17, 15) is 0 Å². The summed E-state index contributed by atoms with van der Waals surface area (Å²) in [5.41, 5.74) is 0. The van der Waals surface area contributed by atoms with Crippen molar-refractivity contribution in [2.24, 2.45) is 17.8 Å². The van der Waals surface area contributed by atoms with E-state index < -0.39 is 0 Å². The van der Waals surface area contributed by atoms with E-state index in [2.05, 4.69) is 20.8 Å². The first kappa shape index (κ1) is 10.1. The van der Waals surface area contributed by atoms with Crippen LogP contribution in [0.1, 0.15) is 59.3 Å². The summed E-state index contributed by atoms with van der Waals surface area (Å²) >= 11 is 0. The summed E-state index contributed by atoms with van der Waals surface area (Å²) in [7, 11) is 0. The summed E-state index contributed by atoms with van der Waals surface area (Å²) in [5, 5.41) is 0. The predicted molar refractivity (Wildman–Crippen MR) is 55.2 cm³/mol. The van der Waals surface area contributed by atoms with E-state index in [1.54, 1.807) is 0 Å². The molecule has 1 aliphatic carbocycles. The normalized spacial score (nSPS) is 31.0. The molecule has 12 heavy (non-hydrogen) atoms. The van der Waals surface area contributed by atoms with Crippen LogP contribution < -0.4 is 0 Å². The Morgan fingerprint density at radius 3 is 2.33 bits per heavy atom. The Bertz CT molecular complexity index is 113. The van der Waals surface area contributed by atoms with Crippen molar-refractivity contribution in [3.8, 4) is 0 Å². The highest BCUT2D eigenvalue weighted by Crippen LogP contribution is 2.36. The summed E-state index contributed by atoms with van der Waals surface area (Å²) in [6, 6.07) is 0. The molecule has 2 unspecified atom stereocenters. The van der Waals surface area contributed by atoms with Gasteiger partial charge in [-0.1, -0.05) is 52.9 Å². The second kappa shape index (κ2) is 4.89. The molecule has 0 aromatic carbocycles. The Hall–Kier alpha value is 0. The van der Waals surface area contributed by atoms with Crippen LogP contribution in [0.25, 0.3) is 0 Å². The molecule has 1 saturated carbocycles. The third kappa shape index (κ3) is 2.50. The fraction of sp³-hybridized carbons (Fsp3) is 1.00. The third-order valence-electron chi connectivity index (χ3n) is 3.69. The van der Waals surface area contributed by atoms with Crippen molar-refractivity contribution in [1.29, 1.82) is 0 Å². The summed E-state index contributed by atoms with van der Waals surface area (Å²) < 4.78 is 0. The first-order valence-electron chi connectivity index (χ1n) is 5.77. The molecule has 0 heterocycles. The van der Waals surface area contributed by atoms with Crippen molar-refractivity contribution in [3.05, 3.63) is 0 Å². The van der Waals surface area contributed by atoms with Gasteiger partial charge in [0.05, 0.1) is 0 Å². The zero-order valence-corrected chi connectivity index (χ0v) is 8.97. The smallest absolute Gasteiger partial charge is 0.0384 e. The fourth-order valence-corrected chi connectivity index (χ4v) is 2.86. The molecule has 0 aliphatic heterocycles. The maximum absolute atomic E-state index is 2.43. The highest BCUT2D eigenvalue weighted by atomic mass is 14.3. The van der Waals surface area contributed by atoms with Gasteiger partial charge in [0.25, 0.3) is 0 Å². The Morgan fingerprint density at radius 2 is 1.83 bits per heavy atom. The molecule has 0 spiro atoms. The van der Waals surface area contributed by atoms with Gasteiger partial charge in [0.1, 0.15) is 0 Å². The molecule has 1 rings (SSSR count). The molecule has 0 aromatic rings. The second-order valence-electron chi connectivity index (χ2n) is 4.61. The maximum Gasteiger partial charge on any atom is -0.0384 e. The molecule has 1 aliphatic rings. The van der Waals surface area contributed by atoms with Crippen LogP contribution in [0.4, 0.5) is 0 Å². The van der Waals surface area contributed by atoms with Crippen molar-refractivity contribution in [2.75, 3.05) is 0 Å². The van der Waals surface area contributed by atoms with Crippen LogP contribution in [0.15, 0.2) is 0 Å².